The van der Waals surface area contributed by atoms with Gasteiger partial charge in [-0.2, -0.15) is 0 Å². The lowest BCUT2D eigenvalue weighted by Crippen LogP contribution is -2.17. The van der Waals surface area contributed by atoms with Crippen LogP contribution in [0.1, 0.15) is 27.2 Å². The van der Waals surface area contributed by atoms with Crippen LogP contribution in [0, 0.1) is 10.8 Å². The van der Waals surface area contributed by atoms with E-state index in [2.05, 4.69) is 16.6 Å². The summed E-state index contributed by atoms with van der Waals surface area (Å²) in [6, 6.07) is 0. The molecule has 1 rings (SSSR count). The van der Waals surface area contributed by atoms with E-state index in [1.807, 2.05) is 20.8 Å². The molecule has 4 heteroatoms. The number of allylic oxidation sites excluding steroid dienone is 1. The minimum absolute atomic E-state index is 0.182. The fourth-order valence-corrected chi connectivity index (χ4v) is 1.75. The van der Waals surface area contributed by atoms with Crippen LogP contribution in [0.5, 0.6) is 0 Å². The Morgan fingerprint density at radius 1 is 1.54 bits per heavy atom. The molecule has 0 heterocycles. The molecule has 2 atom stereocenters. The molecule has 0 saturated heterocycles. The van der Waals surface area contributed by atoms with Gasteiger partial charge in [0.05, 0.1) is 0 Å². The van der Waals surface area contributed by atoms with Crippen molar-refractivity contribution in [2.45, 2.75) is 27.2 Å². The Balaban J connectivity index is 2.92. The Morgan fingerprint density at radius 3 is 2.38 bits per heavy atom. The van der Waals surface area contributed by atoms with Gasteiger partial charge in [0.25, 0.3) is 0 Å². The van der Waals surface area contributed by atoms with Crippen LogP contribution in [0.15, 0.2) is 17.3 Å². The molecule has 4 nitrogen and oxygen atoms in total. The van der Waals surface area contributed by atoms with Crippen LogP contribution in [-0.4, -0.2) is 5.91 Å². The standard InChI is InChI=1S/C9H13N3O/c1-6(2)8(3)5-9(8,4)7(13)11-12-10/h1,5H2,2-4H3. The highest BCUT2D eigenvalue weighted by molar-refractivity contribution is 5.88. The quantitative estimate of drug-likeness (QED) is 0.278. The molecule has 13 heavy (non-hydrogen) atoms. The third kappa shape index (κ3) is 1.14. The van der Waals surface area contributed by atoms with E-state index in [9.17, 15) is 4.79 Å². The van der Waals surface area contributed by atoms with E-state index in [0.29, 0.717) is 0 Å². The minimum Gasteiger partial charge on any atom is -0.292 e. The van der Waals surface area contributed by atoms with E-state index < -0.39 is 5.41 Å². The molecule has 0 spiro atoms. The topological polar surface area (TPSA) is 65.8 Å². The number of rotatable bonds is 2. The van der Waals surface area contributed by atoms with Crippen LogP contribution in [0.4, 0.5) is 0 Å². The summed E-state index contributed by atoms with van der Waals surface area (Å²) in [5.41, 5.74) is 8.42. The van der Waals surface area contributed by atoms with Crippen LogP contribution in [0.25, 0.3) is 10.4 Å². The third-order valence-corrected chi connectivity index (χ3v) is 3.35. The van der Waals surface area contributed by atoms with Crippen molar-refractivity contribution in [3.05, 3.63) is 22.6 Å². The maximum absolute atomic E-state index is 11.4. The first-order valence-electron chi connectivity index (χ1n) is 4.14. The molecule has 0 radical (unpaired) electrons. The lowest BCUT2D eigenvalue weighted by molar-refractivity contribution is -0.123. The zero-order chi connectivity index (χ0) is 10.3. The Hall–Kier alpha value is -1.28. The van der Waals surface area contributed by atoms with Gasteiger partial charge in [-0.15, -0.1) is 0 Å². The van der Waals surface area contributed by atoms with Crippen molar-refractivity contribution in [3.8, 4) is 0 Å². The number of azide groups is 1. The number of hydrogen-bond acceptors (Lipinski definition) is 1. The maximum atomic E-state index is 11.4. The number of hydrogen-bond donors (Lipinski definition) is 0. The monoisotopic (exact) mass is 179 g/mol. The zero-order valence-electron chi connectivity index (χ0n) is 8.16. The summed E-state index contributed by atoms with van der Waals surface area (Å²) in [5.74, 6) is -0.375. The Labute approximate surface area is 77.3 Å². The van der Waals surface area contributed by atoms with Crippen molar-refractivity contribution < 1.29 is 4.79 Å². The minimum atomic E-state index is -0.523. The van der Waals surface area contributed by atoms with Crippen LogP contribution in [0.2, 0.25) is 0 Å². The van der Waals surface area contributed by atoms with Crippen molar-refractivity contribution in [3.63, 3.8) is 0 Å². The highest BCUT2D eigenvalue weighted by atomic mass is 16.2. The predicted molar refractivity (Wildman–Crippen MR) is 49.8 cm³/mol. The van der Waals surface area contributed by atoms with E-state index in [1.165, 1.54) is 0 Å². The smallest absolute Gasteiger partial charge is 0.225 e. The first-order valence-corrected chi connectivity index (χ1v) is 4.14. The van der Waals surface area contributed by atoms with E-state index in [4.69, 9.17) is 5.53 Å². The average molecular weight is 179 g/mol. The fourth-order valence-electron chi connectivity index (χ4n) is 1.75. The first-order chi connectivity index (χ1) is 5.88. The number of carbonyl (C=O) groups is 1. The van der Waals surface area contributed by atoms with Gasteiger partial charge in [-0.1, -0.05) is 26.0 Å². The maximum Gasteiger partial charge on any atom is 0.225 e. The molecule has 70 valence electrons. The molecule has 0 aromatic heterocycles. The van der Waals surface area contributed by atoms with E-state index in [-0.39, 0.29) is 11.3 Å². The SMILES string of the molecule is C=C(C)C1(C)CC1(C)C(=O)N=[N+]=[N-]. The number of nitrogens with zero attached hydrogens (tertiary/aromatic N) is 3. The van der Waals surface area contributed by atoms with Gasteiger partial charge in [-0.05, 0) is 24.0 Å². The molecule has 1 aliphatic carbocycles. The van der Waals surface area contributed by atoms with Crippen LogP contribution in [-0.2, 0) is 4.79 Å². The molecule has 1 aliphatic rings. The van der Waals surface area contributed by atoms with Crippen molar-refractivity contribution >= 4 is 5.91 Å². The highest BCUT2D eigenvalue weighted by Gasteiger charge is 2.65. The Bertz CT molecular complexity index is 330. The summed E-state index contributed by atoms with van der Waals surface area (Å²) < 4.78 is 0. The fraction of sp³-hybridized carbons (Fsp3) is 0.667. The van der Waals surface area contributed by atoms with Gasteiger partial charge in [0.15, 0.2) is 0 Å². The van der Waals surface area contributed by atoms with E-state index in [0.717, 1.165) is 12.0 Å². The molecule has 0 aromatic carbocycles. The molecule has 0 bridgehead atoms. The van der Waals surface area contributed by atoms with E-state index >= 15 is 0 Å². The molecule has 0 aliphatic heterocycles. The summed E-state index contributed by atoms with van der Waals surface area (Å²) in [5, 5.41) is 3.14. The summed E-state index contributed by atoms with van der Waals surface area (Å²) in [4.78, 5) is 13.9. The third-order valence-electron chi connectivity index (χ3n) is 3.35. The summed E-state index contributed by atoms with van der Waals surface area (Å²) in [7, 11) is 0. The molecule has 0 N–H and O–H groups in total. The lowest BCUT2D eigenvalue weighted by atomic mass is 9.90. The second-order valence-electron chi connectivity index (χ2n) is 4.12. The van der Waals surface area contributed by atoms with Crippen LogP contribution in [0.3, 0.4) is 0 Å². The second-order valence-corrected chi connectivity index (χ2v) is 4.12. The van der Waals surface area contributed by atoms with E-state index in [1.54, 1.807) is 0 Å². The van der Waals surface area contributed by atoms with Crippen molar-refractivity contribution in [1.82, 2.24) is 0 Å². The largest absolute Gasteiger partial charge is 0.292 e. The number of amides is 1. The van der Waals surface area contributed by atoms with Gasteiger partial charge in [0.1, 0.15) is 0 Å². The van der Waals surface area contributed by atoms with Crippen molar-refractivity contribution in [2.24, 2.45) is 15.9 Å². The normalized spacial score (nSPS) is 36.2. The Morgan fingerprint density at radius 2 is 2.08 bits per heavy atom. The van der Waals surface area contributed by atoms with Crippen molar-refractivity contribution in [1.29, 1.82) is 0 Å². The first kappa shape index (κ1) is 9.81. The molecule has 1 saturated carbocycles. The summed E-state index contributed by atoms with van der Waals surface area (Å²) in [6.07, 6.45) is 0.729. The Kier molecular flexibility index (Phi) is 1.96. The summed E-state index contributed by atoms with van der Waals surface area (Å²) >= 11 is 0. The molecule has 1 amide bonds. The number of carbonyl (C=O) groups excluding carboxylic acids is 1. The average Bonchev–Trinajstić information content (AvgIpc) is 2.59. The van der Waals surface area contributed by atoms with Gasteiger partial charge >= 0.3 is 0 Å². The molecule has 0 aromatic rings. The van der Waals surface area contributed by atoms with Gasteiger partial charge < -0.3 is 0 Å². The van der Waals surface area contributed by atoms with Crippen LogP contribution < -0.4 is 0 Å². The summed E-state index contributed by atoms with van der Waals surface area (Å²) in [6.45, 7) is 9.53. The zero-order valence-corrected chi connectivity index (χ0v) is 8.16. The molecular formula is C9H13N3O. The molecular weight excluding hydrogens is 166 g/mol. The van der Waals surface area contributed by atoms with Gasteiger partial charge in [0, 0.05) is 15.7 Å². The molecule has 2 unspecified atom stereocenters. The lowest BCUT2D eigenvalue weighted by Gasteiger charge is -2.15. The van der Waals surface area contributed by atoms with Gasteiger partial charge in [-0.3, -0.25) is 4.79 Å². The van der Waals surface area contributed by atoms with Crippen molar-refractivity contribution in [2.75, 3.05) is 0 Å². The predicted octanol–water partition coefficient (Wildman–Crippen LogP) is 2.82. The second kappa shape index (κ2) is 2.60. The highest BCUT2D eigenvalue weighted by Crippen LogP contribution is 2.67. The van der Waals surface area contributed by atoms with Gasteiger partial charge in [-0.25, -0.2) is 0 Å². The molecule has 1 fully saturated rings. The van der Waals surface area contributed by atoms with Crippen LogP contribution >= 0.6 is 0 Å². The van der Waals surface area contributed by atoms with Gasteiger partial charge in [0.2, 0.25) is 5.91 Å².